The number of carboxylic acids is 1. The van der Waals surface area contributed by atoms with Crippen LogP contribution in [0.2, 0.25) is 0 Å². The van der Waals surface area contributed by atoms with Crippen molar-refractivity contribution in [2.45, 2.75) is 17.4 Å². The van der Waals surface area contributed by atoms with Crippen LogP contribution in [0, 0.1) is 29.1 Å². The molecule has 0 bridgehead atoms. The van der Waals surface area contributed by atoms with Gasteiger partial charge in [-0.1, -0.05) is 18.2 Å². The molecule has 0 fully saturated rings. The molecule has 1 aliphatic rings. The summed E-state index contributed by atoms with van der Waals surface area (Å²) in [5.41, 5.74) is 0.938. The molecule has 0 radical (unpaired) electrons. The normalized spacial score (nSPS) is 17.3. The first kappa shape index (κ1) is 20.3. The van der Waals surface area contributed by atoms with Crippen molar-refractivity contribution in [3.8, 4) is 0 Å². The van der Waals surface area contributed by atoms with Gasteiger partial charge in [-0.3, -0.25) is 4.79 Å². The fraction of sp³-hybridized carbons (Fsp3) is 0.167. The molecule has 0 saturated carbocycles. The third kappa shape index (κ3) is 2.70. The van der Waals surface area contributed by atoms with Gasteiger partial charge >= 0.3 is 5.97 Å². The first-order chi connectivity index (χ1) is 14.1. The number of hydrogen-bond donors (Lipinski definition) is 2. The lowest BCUT2D eigenvalue weighted by molar-refractivity contribution is -0.142. The van der Waals surface area contributed by atoms with E-state index in [0.29, 0.717) is 16.5 Å². The molecule has 2 aromatic carbocycles. The van der Waals surface area contributed by atoms with Gasteiger partial charge < -0.3 is 10.1 Å². The minimum Gasteiger partial charge on any atom is -0.480 e. The summed E-state index contributed by atoms with van der Waals surface area (Å²) >= 11 is 0. The van der Waals surface area contributed by atoms with Crippen LogP contribution in [0.4, 0.5) is 22.0 Å². The Labute approximate surface area is 165 Å². The van der Waals surface area contributed by atoms with Crippen molar-refractivity contribution in [2.75, 3.05) is 6.54 Å². The molecule has 12 heteroatoms. The molecule has 0 aliphatic carbocycles. The molecule has 30 heavy (non-hydrogen) atoms. The maximum absolute atomic E-state index is 14.2. The number of para-hydroxylation sites is 1. The molecule has 0 amide bonds. The summed E-state index contributed by atoms with van der Waals surface area (Å²) < 4.78 is 94.8. The van der Waals surface area contributed by atoms with Crippen LogP contribution < -0.4 is 0 Å². The Morgan fingerprint density at radius 2 is 1.57 bits per heavy atom. The summed E-state index contributed by atoms with van der Waals surface area (Å²) in [6.45, 7) is -0.548. The van der Waals surface area contributed by atoms with Crippen LogP contribution in [0.5, 0.6) is 0 Å². The van der Waals surface area contributed by atoms with E-state index >= 15 is 0 Å². The number of benzene rings is 2. The van der Waals surface area contributed by atoms with Gasteiger partial charge in [-0.2, -0.15) is 4.31 Å². The third-order valence-electron chi connectivity index (χ3n) is 4.96. The van der Waals surface area contributed by atoms with Gasteiger partial charge in [-0.15, -0.1) is 0 Å². The zero-order valence-electron chi connectivity index (χ0n) is 14.7. The van der Waals surface area contributed by atoms with Gasteiger partial charge in [0, 0.05) is 23.1 Å². The van der Waals surface area contributed by atoms with Crippen LogP contribution in [0.25, 0.3) is 10.9 Å². The SMILES string of the molecule is O=C(O)C1c2[nH]c3ccccc3c2CCN1S(=O)(=O)c1c(F)c(F)c(F)c(F)c1F. The number of carboxylic acid groups (broad SMARTS) is 1. The molecule has 2 N–H and O–H groups in total. The van der Waals surface area contributed by atoms with E-state index in [1.807, 2.05) is 0 Å². The summed E-state index contributed by atoms with van der Waals surface area (Å²) in [6.07, 6.45) is -0.0439. The number of rotatable bonds is 3. The average Bonchev–Trinajstić information content (AvgIpc) is 3.08. The van der Waals surface area contributed by atoms with Crippen LogP contribution in [-0.2, 0) is 21.2 Å². The number of nitrogens with one attached hydrogen (secondary N) is 1. The van der Waals surface area contributed by atoms with Crippen LogP contribution >= 0.6 is 0 Å². The van der Waals surface area contributed by atoms with Crippen LogP contribution in [0.15, 0.2) is 29.2 Å². The lowest BCUT2D eigenvalue weighted by atomic mass is 9.99. The molecule has 0 saturated heterocycles. The molecule has 1 atom stereocenters. The van der Waals surface area contributed by atoms with E-state index in [0.717, 1.165) is 0 Å². The zero-order valence-corrected chi connectivity index (χ0v) is 15.5. The Morgan fingerprint density at radius 3 is 2.17 bits per heavy atom. The van der Waals surface area contributed by atoms with E-state index in [2.05, 4.69) is 4.98 Å². The molecule has 1 aromatic heterocycles. The number of fused-ring (bicyclic) bond motifs is 3. The maximum Gasteiger partial charge on any atom is 0.328 e. The maximum atomic E-state index is 14.2. The molecule has 0 spiro atoms. The highest BCUT2D eigenvalue weighted by Crippen LogP contribution is 2.39. The van der Waals surface area contributed by atoms with Crippen molar-refractivity contribution in [1.29, 1.82) is 0 Å². The number of hydrogen-bond acceptors (Lipinski definition) is 3. The van der Waals surface area contributed by atoms with E-state index < -0.39 is 62.6 Å². The number of halogens is 5. The lowest BCUT2D eigenvalue weighted by Crippen LogP contribution is -2.44. The van der Waals surface area contributed by atoms with E-state index in [4.69, 9.17) is 0 Å². The predicted octanol–water partition coefficient (Wildman–Crippen LogP) is 3.24. The zero-order chi connectivity index (χ0) is 22.0. The Morgan fingerprint density at radius 1 is 1.00 bits per heavy atom. The monoisotopic (exact) mass is 446 g/mol. The Balaban J connectivity index is 1.93. The van der Waals surface area contributed by atoms with Gasteiger partial charge in [-0.25, -0.2) is 30.4 Å². The Bertz CT molecular complexity index is 1290. The van der Waals surface area contributed by atoms with Crippen molar-refractivity contribution in [3.63, 3.8) is 0 Å². The van der Waals surface area contributed by atoms with Crippen molar-refractivity contribution in [3.05, 3.63) is 64.6 Å². The number of aromatic nitrogens is 1. The smallest absolute Gasteiger partial charge is 0.328 e. The highest BCUT2D eigenvalue weighted by atomic mass is 32.2. The summed E-state index contributed by atoms with van der Waals surface area (Å²) in [4.78, 5) is 12.6. The second-order valence-electron chi connectivity index (χ2n) is 6.57. The fourth-order valence-corrected chi connectivity index (χ4v) is 5.32. The van der Waals surface area contributed by atoms with Crippen LogP contribution in [0.3, 0.4) is 0 Å². The third-order valence-corrected chi connectivity index (χ3v) is 6.85. The number of aromatic amines is 1. The molecule has 3 aromatic rings. The summed E-state index contributed by atoms with van der Waals surface area (Å²) in [7, 11) is -5.42. The van der Waals surface area contributed by atoms with E-state index in [1.54, 1.807) is 24.3 Å². The van der Waals surface area contributed by atoms with Gasteiger partial charge in [0.25, 0.3) is 0 Å². The first-order valence-corrected chi connectivity index (χ1v) is 9.87. The van der Waals surface area contributed by atoms with Crippen molar-refractivity contribution in [1.82, 2.24) is 9.29 Å². The van der Waals surface area contributed by atoms with E-state index in [1.165, 1.54) is 0 Å². The van der Waals surface area contributed by atoms with Crippen LogP contribution in [-0.4, -0.2) is 35.3 Å². The van der Waals surface area contributed by atoms with Crippen molar-refractivity contribution >= 4 is 26.9 Å². The van der Waals surface area contributed by atoms with Crippen molar-refractivity contribution < 1.29 is 40.3 Å². The van der Waals surface area contributed by atoms with Gasteiger partial charge in [0.2, 0.25) is 15.8 Å². The number of nitrogens with zero attached hydrogens (tertiary/aromatic N) is 1. The van der Waals surface area contributed by atoms with E-state index in [9.17, 15) is 40.3 Å². The van der Waals surface area contributed by atoms with Gasteiger partial charge in [-0.05, 0) is 18.1 Å². The second-order valence-corrected chi connectivity index (χ2v) is 8.40. The summed E-state index contributed by atoms with van der Waals surface area (Å²) in [5.74, 6) is -14.2. The summed E-state index contributed by atoms with van der Waals surface area (Å²) in [6, 6.07) is 4.68. The minimum atomic E-state index is -5.42. The molecule has 1 aliphatic heterocycles. The Hall–Kier alpha value is -2.99. The van der Waals surface area contributed by atoms with Crippen molar-refractivity contribution in [2.24, 2.45) is 0 Å². The lowest BCUT2D eigenvalue weighted by Gasteiger charge is -2.32. The molecular weight excluding hydrogens is 435 g/mol. The molecular formula is C18H11F5N2O4S. The standard InChI is InChI=1S/C18H11F5N2O4S/c19-10-11(20)13(22)17(14(23)12(10)21)30(28,29)25-6-5-8-7-3-1-2-4-9(7)24-15(8)16(25)18(26)27/h1-4,16,24H,5-6H2,(H,26,27). The second kappa shape index (κ2) is 6.77. The number of sulfonamides is 1. The molecule has 158 valence electrons. The quantitative estimate of drug-likeness (QED) is 0.367. The highest BCUT2D eigenvalue weighted by Gasteiger charge is 2.46. The number of aliphatic carboxylic acids is 1. The highest BCUT2D eigenvalue weighted by molar-refractivity contribution is 7.89. The first-order valence-electron chi connectivity index (χ1n) is 8.43. The fourth-order valence-electron chi connectivity index (χ4n) is 3.65. The molecule has 2 heterocycles. The number of H-pyrrole nitrogens is 1. The minimum absolute atomic E-state index is 0.0439. The topological polar surface area (TPSA) is 90.5 Å². The van der Waals surface area contributed by atoms with E-state index in [-0.39, 0.29) is 16.4 Å². The van der Waals surface area contributed by atoms with Gasteiger partial charge in [0.15, 0.2) is 34.2 Å². The predicted molar refractivity (Wildman–Crippen MR) is 92.5 cm³/mol. The number of carbonyl (C=O) groups is 1. The summed E-state index contributed by atoms with van der Waals surface area (Å²) in [5, 5.41) is 10.3. The average molecular weight is 446 g/mol. The van der Waals surface area contributed by atoms with Crippen LogP contribution in [0.1, 0.15) is 17.3 Å². The molecule has 6 nitrogen and oxygen atoms in total. The Kier molecular flexibility index (Phi) is 4.58. The largest absolute Gasteiger partial charge is 0.480 e. The van der Waals surface area contributed by atoms with Gasteiger partial charge in [0.1, 0.15) is 0 Å². The van der Waals surface area contributed by atoms with Gasteiger partial charge in [0.05, 0.1) is 0 Å². The molecule has 1 unspecified atom stereocenters. The molecule has 4 rings (SSSR count).